The molecule has 0 saturated heterocycles. The van der Waals surface area contributed by atoms with E-state index in [9.17, 15) is 0 Å². The van der Waals surface area contributed by atoms with Gasteiger partial charge in [0.1, 0.15) is 0 Å². The number of para-hydroxylation sites is 4. The number of rotatable bonds is 2. The van der Waals surface area contributed by atoms with Crippen LogP contribution in [0.15, 0.2) is 146 Å². The van der Waals surface area contributed by atoms with E-state index in [0.29, 0.717) is 0 Å². The van der Waals surface area contributed by atoms with Crippen LogP contribution in [-0.2, 0) is 10.8 Å². The normalized spacial score (nSPS) is 15.7. The van der Waals surface area contributed by atoms with E-state index in [1.54, 1.807) is 0 Å². The van der Waals surface area contributed by atoms with E-state index in [1.807, 2.05) is 0 Å². The monoisotopic (exact) mass is 592 g/mol. The Bertz CT molecular complexity index is 2150. The Morgan fingerprint density at radius 3 is 1.09 bits per heavy atom. The van der Waals surface area contributed by atoms with Crippen LogP contribution in [0.3, 0.4) is 0 Å². The number of benzene rings is 7. The Balaban J connectivity index is 1.30. The van der Waals surface area contributed by atoms with Gasteiger partial charge in [-0.2, -0.15) is 0 Å². The molecular formula is C44H36N2. The zero-order chi connectivity index (χ0) is 31.2. The van der Waals surface area contributed by atoms with Crippen molar-refractivity contribution in [2.45, 2.75) is 38.5 Å². The number of nitrogens with zero attached hydrogens (tertiary/aromatic N) is 2. The summed E-state index contributed by atoms with van der Waals surface area (Å²) >= 11 is 0. The topological polar surface area (TPSA) is 6.48 Å². The summed E-state index contributed by atoms with van der Waals surface area (Å²) in [6.07, 6.45) is 0. The minimum atomic E-state index is -0.145. The van der Waals surface area contributed by atoms with E-state index < -0.39 is 0 Å². The molecule has 0 aliphatic carbocycles. The molecule has 0 atom stereocenters. The number of anilines is 6. The first-order chi connectivity index (χ1) is 22.3. The highest BCUT2D eigenvalue weighted by Crippen LogP contribution is 2.55. The molecule has 2 aliphatic rings. The maximum Gasteiger partial charge on any atom is 0.0509 e. The van der Waals surface area contributed by atoms with Crippen molar-refractivity contribution in [3.63, 3.8) is 0 Å². The van der Waals surface area contributed by atoms with E-state index in [-0.39, 0.29) is 10.8 Å². The van der Waals surface area contributed by atoms with E-state index in [0.717, 1.165) is 0 Å². The number of fused-ring (bicyclic) bond motifs is 6. The third-order valence-electron chi connectivity index (χ3n) is 10.5. The van der Waals surface area contributed by atoms with E-state index >= 15 is 0 Å². The van der Waals surface area contributed by atoms with Crippen LogP contribution < -0.4 is 9.80 Å². The fourth-order valence-electron chi connectivity index (χ4n) is 8.10. The average Bonchev–Trinajstić information content (AvgIpc) is 3.08. The summed E-state index contributed by atoms with van der Waals surface area (Å²) in [4.78, 5) is 4.90. The molecule has 7 aromatic rings. The fraction of sp³-hybridized carbons (Fsp3) is 0.136. The average molecular weight is 593 g/mol. The molecule has 0 spiro atoms. The first kappa shape index (κ1) is 27.0. The molecule has 2 aliphatic heterocycles. The lowest BCUT2D eigenvalue weighted by atomic mass is 9.72. The number of hydrogen-bond acceptors (Lipinski definition) is 2. The van der Waals surface area contributed by atoms with Crippen LogP contribution in [0.5, 0.6) is 0 Å². The summed E-state index contributed by atoms with van der Waals surface area (Å²) in [5.74, 6) is 0. The van der Waals surface area contributed by atoms with Crippen molar-refractivity contribution in [3.8, 4) is 0 Å². The van der Waals surface area contributed by atoms with Gasteiger partial charge in [-0.05, 0) is 117 Å². The summed E-state index contributed by atoms with van der Waals surface area (Å²) in [6.45, 7) is 9.47. The van der Waals surface area contributed by atoms with Crippen LogP contribution in [-0.4, -0.2) is 0 Å². The van der Waals surface area contributed by atoms with Crippen LogP contribution in [0.25, 0.3) is 21.5 Å². The second-order valence-electron chi connectivity index (χ2n) is 13.9. The minimum absolute atomic E-state index is 0.145. The van der Waals surface area contributed by atoms with Crippen LogP contribution in [0.4, 0.5) is 34.1 Å². The SMILES string of the molecule is CC1(C)c2ccccc2N(c2ccccc2)c2cc3cc4cc5c(cc4cc3cc21)N(c1ccccc1)c1ccccc1C5(C)C. The molecule has 0 amide bonds. The highest BCUT2D eigenvalue weighted by molar-refractivity contribution is 6.04. The van der Waals surface area contributed by atoms with Gasteiger partial charge in [-0.1, -0.05) is 100 Å². The zero-order valence-corrected chi connectivity index (χ0v) is 26.8. The molecule has 0 aromatic heterocycles. The van der Waals surface area contributed by atoms with E-state index in [4.69, 9.17) is 0 Å². The molecule has 0 unspecified atom stereocenters. The van der Waals surface area contributed by atoms with Crippen LogP contribution in [0, 0.1) is 0 Å². The molecular weight excluding hydrogens is 556 g/mol. The first-order valence-electron chi connectivity index (χ1n) is 16.3. The van der Waals surface area contributed by atoms with Gasteiger partial charge in [0.25, 0.3) is 0 Å². The van der Waals surface area contributed by atoms with Crippen LogP contribution in [0.2, 0.25) is 0 Å². The Kier molecular flexibility index (Phi) is 5.63. The molecule has 0 N–H and O–H groups in total. The summed E-state index contributed by atoms with van der Waals surface area (Å²) in [5.41, 5.74) is 12.5. The standard InChI is InChI=1S/C44H36N2/c1-43(2)35-19-11-13-21-39(35)45(33-15-7-5-8-16-33)41-27-31-24-30-26-38-42(28-32(30)23-29(31)25-37(41)43)46(34-17-9-6-10-18-34)40-22-14-12-20-36(40)44(38,3)4/h5-28H,1-4H3. The smallest absolute Gasteiger partial charge is 0.0509 e. The molecule has 9 rings (SSSR count). The fourth-order valence-corrected chi connectivity index (χ4v) is 8.10. The highest BCUT2D eigenvalue weighted by atomic mass is 15.2. The van der Waals surface area contributed by atoms with Gasteiger partial charge in [0.15, 0.2) is 0 Å². The predicted molar refractivity (Wildman–Crippen MR) is 195 cm³/mol. The molecule has 2 heteroatoms. The van der Waals surface area contributed by atoms with E-state index in [1.165, 1.54) is 77.9 Å². The molecule has 0 saturated carbocycles. The lowest BCUT2D eigenvalue weighted by Crippen LogP contribution is -2.30. The lowest BCUT2D eigenvalue weighted by Gasteiger charge is -2.42. The quantitative estimate of drug-likeness (QED) is 0.184. The van der Waals surface area contributed by atoms with Gasteiger partial charge in [0.05, 0.1) is 22.7 Å². The summed E-state index contributed by atoms with van der Waals surface area (Å²) < 4.78 is 0. The Morgan fingerprint density at radius 2 is 0.674 bits per heavy atom. The molecule has 0 radical (unpaired) electrons. The van der Waals surface area contributed by atoms with Crippen molar-refractivity contribution >= 4 is 55.7 Å². The Hall–Kier alpha value is -5.34. The molecule has 222 valence electrons. The molecule has 2 nitrogen and oxygen atoms in total. The summed E-state index contributed by atoms with van der Waals surface area (Å²) in [7, 11) is 0. The third-order valence-corrected chi connectivity index (χ3v) is 10.5. The van der Waals surface area contributed by atoms with Gasteiger partial charge in [0, 0.05) is 22.2 Å². The zero-order valence-electron chi connectivity index (χ0n) is 26.8. The number of hydrogen-bond donors (Lipinski definition) is 0. The largest absolute Gasteiger partial charge is 0.310 e. The van der Waals surface area contributed by atoms with Gasteiger partial charge in [0.2, 0.25) is 0 Å². The summed E-state index contributed by atoms with van der Waals surface area (Å²) in [5, 5.41) is 5.06. The molecule has 0 bridgehead atoms. The minimum Gasteiger partial charge on any atom is -0.310 e. The lowest BCUT2D eigenvalue weighted by molar-refractivity contribution is 0.632. The second kappa shape index (κ2) is 9.58. The van der Waals surface area contributed by atoms with Crippen molar-refractivity contribution in [3.05, 3.63) is 168 Å². The molecule has 7 aromatic carbocycles. The Labute approximate surface area is 271 Å². The van der Waals surface area contributed by atoms with Crippen molar-refractivity contribution in [2.24, 2.45) is 0 Å². The van der Waals surface area contributed by atoms with Crippen LogP contribution in [0.1, 0.15) is 49.9 Å². The van der Waals surface area contributed by atoms with Gasteiger partial charge < -0.3 is 9.80 Å². The highest BCUT2D eigenvalue weighted by Gasteiger charge is 2.38. The maximum absolute atomic E-state index is 2.45. The van der Waals surface area contributed by atoms with E-state index in [2.05, 4.69) is 183 Å². The second-order valence-corrected chi connectivity index (χ2v) is 13.9. The van der Waals surface area contributed by atoms with Crippen LogP contribution >= 0.6 is 0 Å². The predicted octanol–water partition coefficient (Wildman–Crippen LogP) is 12.2. The Morgan fingerprint density at radius 1 is 0.326 bits per heavy atom. The van der Waals surface area contributed by atoms with Gasteiger partial charge in [-0.25, -0.2) is 0 Å². The third kappa shape index (κ3) is 3.77. The van der Waals surface area contributed by atoms with Gasteiger partial charge in [-0.15, -0.1) is 0 Å². The first-order valence-corrected chi connectivity index (χ1v) is 16.3. The van der Waals surface area contributed by atoms with Gasteiger partial charge in [-0.3, -0.25) is 0 Å². The maximum atomic E-state index is 2.45. The van der Waals surface area contributed by atoms with Crippen molar-refractivity contribution < 1.29 is 0 Å². The van der Waals surface area contributed by atoms with Crippen molar-refractivity contribution in [1.29, 1.82) is 0 Å². The molecule has 0 fully saturated rings. The molecule has 2 heterocycles. The van der Waals surface area contributed by atoms with Crippen molar-refractivity contribution in [2.75, 3.05) is 9.80 Å². The summed E-state index contributed by atoms with van der Waals surface area (Å²) in [6, 6.07) is 53.9. The molecule has 46 heavy (non-hydrogen) atoms. The van der Waals surface area contributed by atoms with Gasteiger partial charge >= 0.3 is 0 Å². The van der Waals surface area contributed by atoms with Crippen molar-refractivity contribution in [1.82, 2.24) is 0 Å².